The predicted octanol–water partition coefficient (Wildman–Crippen LogP) is 3.56. The molecule has 0 radical (unpaired) electrons. The molecule has 2 amide bonds. The highest BCUT2D eigenvalue weighted by Gasteiger charge is 2.30. The van der Waals surface area contributed by atoms with Crippen molar-refractivity contribution in [3.8, 4) is 0 Å². The fraction of sp³-hybridized carbons (Fsp3) is 0.722. The zero-order valence-corrected chi connectivity index (χ0v) is 16.0. The van der Waals surface area contributed by atoms with E-state index in [1.165, 1.54) is 0 Å². The number of hydrogen-bond donors (Lipinski definition) is 1. The van der Waals surface area contributed by atoms with E-state index in [4.69, 9.17) is 9.26 Å². The van der Waals surface area contributed by atoms with Crippen LogP contribution < -0.4 is 5.32 Å². The molecule has 0 atom stereocenters. The topological polar surface area (TPSA) is 84.7 Å². The van der Waals surface area contributed by atoms with Crippen LogP contribution in [0, 0.1) is 5.92 Å². The lowest BCUT2D eigenvalue weighted by Crippen LogP contribution is -2.43. The zero-order chi connectivity index (χ0) is 18.8. The molecule has 0 aliphatic carbocycles. The third-order valence-electron chi connectivity index (χ3n) is 4.04. The molecule has 25 heavy (non-hydrogen) atoms. The van der Waals surface area contributed by atoms with Gasteiger partial charge in [0.05, 0.1) is 5.69 Å². The van der Waals surface area contributed by atoms with Crippen molar-refractivity contribution in [1.29, 1.82) is 0 Å². The molecule has 0 aromatic carbocycles. The number of hydrogen-bond acceptors (Lipinski definition) is 5. The van der Waals surface area contributed by atoms with Gasteiger partial charge in [0.1, 0.15) is 5.60 Å². The van der Waals surface area contributed by atoms with Gasteiger partial charge in [0, 0.05) is 30.5 Å². The maximum absolute atomic E-state index is 12.4. The first-order valence-corrected chi connectivity index (χ1v) is 8.72. The molecule has 0 unspecified atom stereocenters. The van der Waals surface area contributed by atoms with Gasteiger partial charge >= 0.3 is 6.09 Å². The number of piperidine rings is 1. The van der Waals surface area contributed by atoms with E-state index >= 15 is 0 Å². The quantitative estimate of drug-likeness (QED) is 0.880. The summed E-state index contributed by atoms with van der Waals surface area (Å²) in [5.41, 5.74) is 0.149. The Hall–Kier alpha value is -2.05. The first-order chi connectivity index (χ1) is 11.5. The highest BCUT2D eigenvalue weighted by molar-refractivity contribution is 5.91. The van der Waals surface area contributed by atoms with Gasteiger partial charge in [0.2, 0.25) is 11.8 Å². The maximum Gasteiger partial charge on any atom is 0.410 e. The van der Waals surface area contributed by atoms with Gasteiger partial charge < -0.3 is 14.2 Å². The van der Waals surface area contributed by atoms with Crippen molar-refractivity contribution in [1.82, 2.24) is 10.1 Å². The minimum Gasteiger partial charge on any atom is -0.444 e. The maximum atomic E-state index is 12.4. The van der Waals surface area contributed by atoms with E-state index in [1.54, 1.807) is 11.0 Å². The molecular formula is C18H29N3O4. The Morgan fingerprint density at radius 2 is 1.80 bits per heavy atom. The molecule has 7 nitrogen and oxygen atoms in total. The number of carbonyl (C=O) groups is 2. The van der Waals surface area contributed by atoms with Gasteiger partial charge in [-0.1, -0.05) is 25.9 Å². The summed E-state index contributed by atoms with van der Waals surface area (Å²) >= 11 is 0. The minimum atomic E-state index is -0.512. The van der Waals surface area contributed by atoms with Crippen LogP contribution in [0.5, 0.6) is 0 Å². The van der Waals surface area contributed by atoms with Crippen molar-refractivity contribution in [2.45, 2.75) is 65.4 Å². The molecule has 1 N–H and O–H groups in total. The SMILES string of the molecule is CC(C)(C)OC(=O)N1CCC(C(=O)Nc2cc(C(C)(C)C)no2)CC1. The fourth-order valence-electron chi connectivity index (χ4n) is 2.56. The second-order valence-electron chi connectivity index (χ2n) is 8.56. The normalized spacial score (nSPS) is 16.6. The van der Waals surface area contributed by atoms with Crippen LogP contribution in [0.25, 0.3) is 0 Å². The fourth-order valence-corrected chi connectivity index (χ4v) is 2.56. The Balaban J connectivity index is 1.85. The van der Waals surface area contributed by atoms with E-state index in [-0.39, 0.29) is 23.3 Å². The van der Waals surface area contributed by atoms with Crippen molar-refractivity contribution in [2.24, 2.45) is 5.92 Å². The zero-order valence-electron chi connectivity index (χ0n) is 16.0. The van der Waals surface area contributed by atoms with Gasteiger partial charge in [0.15, 0.2) is 0 Å². The summed E-state index contributed by atoms with van der Waals surface area (Å²) in [6.45, 7) is 12.6. The van der Waals surface area contributed by atoms with Gasteiger partial charge in [0.25, 0.3) is 0 Å². The predicted molar refractivity (Wildman–Crippen MR) is 94.4 cm³/mol. The largest absolute Gasteiger partial charge is 0.444 e. The summed E-state index contributed by atoms with van der Waals surface area (Å²) in [4.78, 5) is 26.1. The number of anilines is 1. The summed E-state index contributed by atoms with van der Waals surface area (Å²) in [6.07, 6.45) is 0.882. The number of carbonyl (C=O) groups excluding carboxylic acids is 2. The van der Waals surface area contributed by atoms with Crippen LogP contribution in [0.4, 0.5) is 10.7 Å². The monoisotopic (exact) mass is 351 g/mol. The summed E-state index contributed by atoms with van der Waals surface area (Å²) in [7, 11) is 0. The molecule has 1 aliphatic heterocycles. The number of likely N-dealkylation sites (tertiary alicyclic amines) is 1. The molecule has 140 valence electrons. The van der Waals surface area contributed by atoms with Crippen LogP contribution in [-0.2, 0) is 14.9 Å². The molecule has 0 bridgehead atoms. The van der Waals surface area contributed by atoms with Gasteiger partial charge in [-0.15, -0.1) is 0 Å². The van der Waals surface area contributed by atoms with Crippen LogP contribution in [0.1, 0.15) is 60.1 Å². The number of aromatic nitrogens is 1. The van der Waals surface area contributed by atoms with Crippen LogP contribution in [0.15, 0.2) is 10.6 Å². The Kier molecular flexibility index (Phi) is 5.44. The molecule has 1 aromatic rings. The standard InChI is InChI=1S/C18H29N3O4/c1-17(2,3)13-11-14(25-20-13)19-15(22)12-7-9-21(10-8-12)16(23)24-18(4,5)6/h11-12H,7-10H2,1-6H3,(H,19,22). The molecular weight excluding hydrogens is 322 g/mol. The first-order valence-electron chi connectivity index (χ1n) is 8.72. The van der Waals surface area contributed by atoms with Crippen molar-refractivity contribution >= 4 is 17.9 Å². The number of rotatable bonds is 2. The lowest BCUT2D eigenvalue weighted by atomic mass is 9.92. The van der Waals surface area contributed by atoms with E-state index in [0.29, 0.717) is 31.8 Å². The Bertz CT molecular complexity index is 617. The van der Waals surface area contributed by atoms with E-state index in [1.807, 2.05) is 41.5 Å². The molecule has 1 aliphatic rings. The van der Waals surface area contributed by atoms with Crippen LogP contribution in [-0.4, -0.2) is 40.7 Å². The highest BCUT2D eigenvalue weighted by atomic mass is 16.6. The van der Waals surface area contributed by atoms with Crippen LogP contribution in [0.2, 0.25) is 0 Å². The van der Waals surface area contributed by atoms with Gasteiger partial charge in [-0.2, -0.15) is 0 Å². The molecule has 1 fully saturated rings. The number of nitrogens with one attached hydrogen (secondary N) is 1. The van der Waals surface area contributed by atoms with Crippen LogP contribution >= 0.6 is 0 Å². The highest BCUT2D eigenvalue weighted by Crippen LogP contribution is 2.25. The Morgan fingerprint density at radius 3 is 2.28 bits per heavy atom. The number of ether oxygens (including phenoxy) is 1. The Labute approximate surface area is 149 Å². The molecule has 2 rings (SSSR count). The van der Waals surface area contributed by atoms with Crippen molar-refractivity contribution in [3.05, 3.63) is 11.8 Å². The molecule has 7 heteroatoms. The molecule has 2 heterocycles. The second-order valence-corrected chi connectivity index (χ2v) is 8.56. The molecule has 0 saturated carbocycles. The average molecular weight is 351 g/mol. The van der Waals surface area contributed by atoms with Gasteiger partial charge in [-0.3, -0.25) is 10.1 Å². The van der Waals surface area contributed by atoms with E-state index < -0.39 is 5.60 Å². The van der Waals surface area contributed by atoms with E-state index in [2.05, 4.69) is 10.5 Å². The van der Waals surface area contributed by atoms with Crippen LogP contribution in [0.3, 0.4) is 0 Å². The average Bonchev–Trinajstić information content (AvgIpc) is 2.94. The molecule has 1 aromatic heterocycles. The van der Waals surface area contributed by atoms with E-state index in [9.17, 15) is 9.59 Å². The Morgan fingerprint density at radius 1 is 1.20 bits per heavy atom. The number of amides is 2. The number of nitrogens with zero attached hydrogens (tertiary/aromatic N) is 2. The van der Waals surface area contributed by atoms with Gasteiger partial charge in [-0.05, 0) is 33.6 Å². The lowest BCUT2D eigenvalue weighted by molar-refractivity contribution is -0.121. The van der Waals surface area contributed by atoms with Crippen molar-refractivity contribution in [2.75, 3.05) is 18.4 Å². The summed E-state index contributed by atoms with van der Waals surface area (Å²) in [6, 6.07) is 1.76. The molecule has 1 saturated heterocycles. The smallest absolute Gasteiger partial charge is 0.410 e. The second kappa shape index (κ2) is 7.06. The summed E-state index contributed by atoms with van der Waals surface area (Å²) in [5, 5.41) is 6.78. The minimum absolute atomic E-state index is 0.0968. The summed E-state index contributed by atoms with van der Waals surface area (Å²) < 4.78 is 10.6. The third-order valence-corrected chi connectivity index (χ3v) is 4.04. The van der Waals surface area contributed by atoms with Crippen molar-refractivity contribution < 1.29 is 18.8 Å². The van der Waals surface area contributed by atoms with Crippen molar-refractivity contribution in [3.63, 3.8) is 0 Å². The lowest BCUT2D eigenvalue weighted by Gasteiger charge is -2.32. The first kappa shape index (κ1) is 19.3. The summed E-state index contributed by atoms with van der Waals surface area (Å²) in [5.74, 6) is 0.117. The van der Waals surface area contributed by atoms with E-state index in [0.717, 1.165) is 5.69 Å². The van der Waals surface area contributed by atoms with Gasteiger partial charge in [-0.25, -0.2) is 4.79 Å². The molecule has 0 spiro atoms. The third kappa shape index (κ3) is 5.47.